The zero-order chi connectivity index (χ0) is 25.7. The molecule has 0 radical (unpaired) electrons. The number of aryl methyl sites for hydroxylation is 2. The topological polar surface area (TPSA) is 95.9 Å². The van der Waals surface area contributed by atoms with E-state index >= 15 is 0 Å². The van der Waals surface area contributed by atoms with Crippen molar-refractivity contribution in [3.8, 4) is 5.75 Å². The highest BCUT2D eigenvalue weighted by atomic mass is 16.5. The van der Waals surface area contributed by atoms with Crippen LogP contribution in [0.3, 0.4) is 0 Å². The molecule has 6 heteroatoms. The molecular formula is C28H39NO5. The molecule has 6 nitrogen and oxygen atoms in total. The van der Waals surface area contributed by atoms with Crippen LogP contribution in [0, 0.1) is 19.3 Å². The van der Waals surface area contributed by atoms with Gasteiger partial charge in [0.1, 0.15) is 18.9 Å². The molecule has 0 aliphatic heterocycles. The van der Waals surface area contributed by atoms with Crippen LogP contribution in [0.5, 0.6) is 5.75 Å². The molecule has 0 aromatic heterocycles. The molecule has 3 N–H and O–H groups in total. The molecule has 0 aliphatic carbocycles. The third-order valence-electron chi connectivity index (χ3n) is 6.75. The van der Waals surface area contributed by atoms with Crippen LogP contribution >= 0.6 is 0 Å². The summed E-state index contributed by atoms with van der Waals surface area (Å²) >= 11 is 0. The van der Waals surface area contributed by atoms with Crippen molar-refractivity contribution in [1.82, 2.24) is 5.32 Å². The van der Waals surface area contributed by atoms with Gasteiger partial charge in [0, 0.05) is 11.0 Å². The van der Waals surface area contributed by atoms with E-state index < -0.39 is 18.6 Å². The van der Waals surface area contributed by atoms with E-state index in [0.29, 0.717) is 5.56 Å². The van der Waals surface area contributed by atoms with E-state index in [1.807, 2.05) is 52.8 Å². The number of amides is 1. The van der Waals surface area contributed by atoms with E-state index in [1.54, 1.807) is 6.07 Å². The largest absolute Gasteiger partial charge is 0.491 e. The molecule has 2 rings (SSSR count). The fraction of sp³-hybridized carbons (Fsp3) is 0.500. The Morgan fingerprint density at radius 2 is 1.53 bits per heavy atom. The zero-order valence-electron chi connectivity index (χ0n) is 21.5. The van der Waals surface area contributed by atoms with Crippen LogP contribution < -0.4 is 10.1 Å². The second-order valence-electron chi connectivity index (χ2n) is 10.1. The summed E-state index contributed by atoms with van der Waals surface area (Å²) in [7, 11) is 0. The Labute approximate surface area is 203 Å². The average molecular weight is 470 g/mol. The lowest BCUT2D eigenvalue weighted by molar-refractivity contribution is -0.135. The van der Waals surface area contributed by atoms with Crippen molar-refractivity contribution in [2.45, 2.75) is 72.8 Å². The van der Waals surface area contributed by atoms with Crippen LogP contribution in [-0.2, 0) is 10.2 Å². The molecular weight excluding hydrogens is 430 g/mol. The SMILES string of the molecule is CCC(CC)(c1ccc(OC[C@@H](O)C(C)(C)C)c(C)c1)c1ccc(C(=O)NCC(=O)O)c(C)c1. The molecule has 0 aliphatic rings. The first-order chi connectivity index (χ1) is 15.9. The van der Waals surface area contributed by atoms with Gasteiger partial charge in [-0.1, -0.05) is 58.9 Å². The fourth-order valence-corrected chi connectivity index (χ4v) is 4.23. The van der Waals surface area contributed by atoms with Crippen LogP contribution in [0.25, 0.3) is 0 Å². The first kappa shape index (κ1) is 27.4. The third-order valence-corrected chi connectivity index (χ3v) is 6.75. The quantitative estimate of drug-likeness (QED) is 0.455. The van der Waals surface area contributed by atoms with Crippen molar-refractivity contribution in [2.75, 3.05) is 13.2 Å². The monoisotopic (exact) mass is 469 g/mol. The lowest BCUT2D eigenvalue weighted by atomic mass is 9.70. The van der Waals surface area contributed by atoms with Gasteiger partial charge in [0.05, 0.1) is 6.10 Å². The van der Waals surface area contributed by atoms with Gasteiger partial charge in [-0.3, -0.25) is 9.59 Å². The van der Waals surface area contributed by atoms with E-state index in [1.165, 1.54) is 5.56 Å². The van der Waals surface area contributed by atoms with Crippen molar-refractivity contribution < 1.29 is 24.5 Å². The molecule has 1 amide bonds. The number of carboxylic acids is 1. The summed E-state index contributed by atoms with van der Waals surface area (Å²) in [5, 5.41) is 21.6. The molecule has 1 atom stereocenters. The smallest absolute Gasteiger partial charge is 0.322 e. The molecule has 186 valence electrons. The van der Waals surface area contributed by atoms with Crippen LogP contribution in [-0.4, -0.2) is 41.3 Å². The Hall–Kier alpha value is -2.86. The lowest BCUT2D eigenvalue weighted by Crippen LogP contribution is -2.32. The number of hydrogen-bond acceptors (Lipinski definition) is 4. The maximum absolute atomic E-state index is 12.4. The molecule has 0 spiro atoms. The van der Waals surface area contributed by atoms with Crippen molar-refractivity contribution in [1.29, 1.82) is 0 Å². The van der Waals surface area contributed by atoms with Gasteiger partial charge < -0.3 is 20.3 Å². The zero-order valence-corrected chi connectivity index (χ0v) is 21.5. The van der Waals surface area contributed by atoms with E-state index in [9.17, 15) is 14.7 Å². The normalized spacial score (nSPS) is 12.8. The van der Waals surface area contributed by atoms with Gasteiger partial charge in [-0.25, -0.2) is 0 Å². The lowest BCUT2D eigenvalue weighted by Gasteiger charge is -2.34. The minimum Gasteiger partial charge on any atom is -0.491 e. The summed E-state index contributed by atoms with van der Waals surface area (Å²) in [6, 6.07) is 12.0. The Balaban J connectivity index is 2.35. The Morgan fingerprint density at radius 1 is 0.971 bits per heavy atom. The van der Waals surface area contributed by atoms with Gasteiger partial charge >= 0.3 is 5.97 Å². The molecule has 0 heterocycles. The number of benzene rings is 2. The van der Waals surface area contributed by atoms with Gasteiger partial charge in [0.15, 0.2) is 0 Å². The van der Waals surface area contributed by atoms with Gasteiger partial charge in [0.25, 0.3) is 5.91 Å². The molecule has 0 unspecified atom stereocenters. The number of carbonyl (C=O) groups excluding carboxylic acids is 1. The first-order valence-electron chi connectivity index (χ1n) is 11.9. The van der Waals surface area contributed by atoms with Crippen molar-refractivity contribution in [3.63, 3.8) is 0 Å². The standard InChI is InChI=1S/C28H39NO5/c1-8-28(9-2,20-10-12-22(18(3)14-20)26(33)29-16-25(31)32)21-11-13-23(19(4)15-21)34-17-24(30)27(5,6)7/h10-15,24,30H,8-9,16-17H2,1-7H3,(H,29,33)(H,31,32)/t24-/m1/s1. The molecule has 2 aromatic carbocycles. The molecule has 2 aromatic rings. The second-order valence-corrected chi connectivity index (χ2v) is 10.1. The minimum absolute atomic E-state index is 0.237. The van der Waals surface area contributed by atoms with Crippen LogP contribution in [0.4, 0.5) is 0 Å². The average Bonchev–Trinajstić information content (AvgIpc) is 2.77. The predicted octanol–water partition coefficient (Wildman–Crippen LogP) is 5.01. The Kier molecular flexibility index (Phi) is 8.89. The van der Waals surface area contributed by atoms with Gasteiger partial charge in [-0.15, -0.1) is 0 Å². The number of aliphatic hydroxyl groups is 1. The van der Waals surface area contributed by atoms with E-state index in [2.05, 4.69) is 31.3 Å². The number of hydrogen-bond donors (Lipinski definition) is 3. The minimum atomic E-state index is -1.07. The van der Waals surface area contributed by atoms with Crippen molar-refractivity contribution in [3.05, 3.63) is 64.2 Å². The van der Waals surface area contributed by atoms with E-state index in [4.69, 9.17) is 9.84 Å². The summed E-state index contributed by atoms with van der Waals surface area (Å²) < 4.78 is 5.93. The number of nitrogens with one attached hydrogen (secondary N) is 1. The molecule has 0 saturated heterocycles. The van der Waals surface area contributed by atoms with E-state index in [-0.39, 0.29) is 23.3 Å². The maximum atomic E-state index is 12.4. The number of aliphatic hydroxyl groups excluding tert-OH is 1. The van der Waals surface area contributed by atoms with Crippen LogP contribution in [0.1, 0.15) is 80.1 Å². The van der Waals surface area contributed by atoms with Crippen LogP contribution in [0.15, 0.2) is 36.4 Å². The Morgan fingerprint density at radius 3 is 2.00 bits per heavy atom. The van der Waals surface area contributed by atoms with Gasteiger partial charge in [0.2, 0.25) is 0 Å². The number of carbonyl (C=O) groups is 2. The Bertz CT molecular complexity index is 1020. The van der Waals surface area contributed by atoms with Gasteiger partial charge in [-0.2, -0.15) is 0 Å². The second kappa shape index (κ2) is 11.0. The summed E-state index contributed by atoms with van der Waals surface area (Å²) in [4.78, 5) is 23.2. The molecule has 0 fully saturated rings. The number of carboxylic acid groups (broad SMARTS) is 1. The first-order valence-corrected chi connectivity index (χ1v) is 11.9. The summed E-state index contributed by atoms with van der Waals surface area (Å²) in [5.41, 5.74) is 4.08. The molecule has 0 bridgehead atoms. The van der Waals surface area contributed by atoms with Gasteiger partial charge in [-0.05, 0) is 66.5 Å². The number of aliphatic carboxylic acids is 1. The predicted molar refractivity (Wildman–Crippen MR) is 135 cm³/mol. The highest BCUT2D eigenvalue weighted by Gasteiger charge is 2.32. The molecule has 0 saturated carbocycles. The molecule has 34 heavy (non-hydrogen) atoms. The maximum Gasteiger partial charge on any atom is 0.322 e. The fourth-order valence-electron chi connectivity index (χ4n) is 4.23. The summed E-state index contributed by atoms with van der Waals surface area (Å²) in [5.74, 6) is -0.705. The number of ether oxygens (including phenoxy) is 1. The number of rotatable bonds is 10. The third kappa shape index (κ3) is 6.17. The highest BCUT2D eigenvalue weighted by molar-refractivity contribution is 5.97. The van der Waals surface area contributed by atoms with E-state index in [0.717, 1.165) is 35.3 Å². The van der Waals surface area contributed by atoms with Crippen molar-refractivity contribution in [2.24, 2.45) is 5.41 Å². The summed E-state index contributed by atoms with van der Waals surface area (Å²) in [6.45, 7) is 14.0. The van der Waals surface area contributed by atoms with Crippen molar-refractivity contribution >= 4 is 11.9 Å². The summed E-state index contributed by atoms with van der Waals surface area (Å²) in [6.07, 6.45) is 1.18. The highest BCUT2D eigenvalue weighted by Crippen LogP contribution is 2.41. The van der Waals surface area contributed by atoms with Crippen LogP contribution in [0.2, 0.25) is 0 Å².